The van der Waals surface area contributed by atoms with Crippen molar-refractivity contribution < 1.29 is 18.3 Å². The van der Waals surface area contributed by atoms with Gasteiger partial charge in [0.15, 0.2) is 0 Å². The fourth-order valence-corrected chi connectivity index (χ4v) is 4.87. The van der Waals surface area contributed by atoms with Gasteiger partial charge in [0.1, 0.15) is 17.7 Å². The number of piperidine rings is 1. The smallest absolute Gasteiger partial charge is 0.318 e. The van der Waals surface area contributed by atoms with Crippen LogP contribution in [0.4, 0.5) is 13.6 Å². The van der Waals surface area contributed by atoms with E-state index in [-0.39, 0.29) is 18.4 Å². The van der Waals surface area contributed by atoms with Crippen LogP contribution in [0.2, 0.25) is 0 Å². The number of hydrogen-bond acceptors (Lipinski definition) is 3. The maximum absolute atomic E-state index is 15.3. The summed E-state index contributed by atoms with van der Waals surface area (Å²) in [5.74, 6) is 0.912. The van der Waals surface area contributed by atoms with Gasteiger partial charge in [-0.05, 0) is 67.1 Å². The molecule has 0 bridgehead atoms. The summed E-state index contributed by atoms with van der Waals surface area (Å²) in [6.45, 7) is 6.71. The van der Waals surface area contributed by atoms with Crippen molar-refractivity contribution in [3.63, 3.8) is 0 Å². The molecule has 2 aromatic rings. The van der Waals surface area contributed by atoms with Gasteiger partial charge in [0.05, 0.1) is 12.6 Å². The standard InChI is InChI=1S/C27H35F2N3O2/c1-19(2)18-34-24-11-7-20(8-12-24)15-30-27(33)32(16-21-5-9-22(28)10-6-21)26-14-23-4-3-13-31(23)17-25(26)29/h5-12,19,23,25-26H,3-4,13-18H2,1-2H3,(H,30,33)/t23-,25-,26-/m1/s1. The summed E-state index contributed by atoms with van der Waals surface area (Å²) < 4.78 is 34.4. The van der Waals surface area contributed by atoms with Gasteiger partial charge in [-0.15, -0.1) is 0 Å². The normalized spacial score (nSPS) is 22.4. The first-order valence-electron chi connectivity index (χ1n) is 12.3. The zero-order valence-corrected chi connectivity index (χ0v) is 20.1. The molecule has 0 saturated carbocycles. The Morgan fingerprint density at radius 1 is 1.15 bits per heavy atom. The number of nitrogens with zero attached hydrogens (tertiary/aromatic N) is 2. The zero-order chi connectivity index (χ0) is 24.1. The first-order chi connectivity index (χ1) is 16.4. The third-order valence-electron chi connectivity index (χ3n) is 6.72. The first-order valence-corrected chi connectivity index (χ1v) is 12.3. The molecule has 2 aliphatic heterocycles. The van der Waals surface area contributed by atoms with E-state index in [1.54, 1.807) is 17.0 Å². The van der Waals surface area contributed by atoms with E-state index in [0.29, 0.717) is 38.1 Å². The highest BCUT2D eigenvalue weighted by Gasteiger charge is 2.42. The van der Waals surface area contributed by atoms with Crippen molar-refractivity contribution in [2.75, 3.05) is 19.7 Å². The highest BCUT2D eigenvalue weighted by molar-refractivity contribution is 5.74. The second-order valence-corrected chi connectivity index (χ2v) is 9.87. The summed E-state index contributed by atoms with van der Waals surface area (Å²) in [6, 6.07) is 13.2. The van der Waals surface area contributed by atoms with Crippen LogP contribution in [0.15, 0.2) is 48.5 Å². The fourth-order valence-electron chi connectivity index (χ4n) is 4.87. The second-order valence-electron chi connectivity index (χ2n) is 9.87. The number of hydrogen-bond donors (Lipinski definition) is 1. The quantitative estimate of drug-likeness (QED) is 0.579. The van der Waals surface area contributed by atoms with Crippen molar-refractivity contribution in [2.24, 2.45) is 5.92 Å². The number of rotatable bonds is 8. The Kier molecular flexibility index (Phi) is 8.03. The Hall–Kier alpha value is -2.67. The second kappa shape index (κ2) is 11.2. The first kappa shape index (κ1) is 24.5. The third kappa shape index (κ3) is 6.26. The van der Waals surface area contributed by atoms with Gasteiger partial charge in [0.2, 0.25) is 0 Å². The number of carbonyl (C=O) groups is 1. The Labute approximate surface area is 201 Å². The lowest BCUT2D eigenvalue weighted by Crippen LogP contribution is -2.57. The third-order valence-corrected chi connectivity index (χ3v) is 6.72. The van der Waals surface area contributed by atoms with Crippen LogP contribution in [0.25, 0.3) is 0 Å². The van der Waals surface area contributed by atoms with Crippen molar-refractivity contribution in [2.45, 2.75) is 64.5 Å². The van der Waals surface area contributed by atoms with Crippen LogP contribution in [-0.4, -0.2) is 53.8 Å². The van der Waals surface area contributed by atoms with Gasteiger partial charge < -0.3 is 15.0 Å². The molecule has 0 unspecified atom stereocenters. The van der Waals surface area contributed by atoms with E-state index in [9.17, 15) is 9.18 Å². The van der Waals surface area contributed by atoms with Crippen molar-refractivity contribution >= 4 is 6.03 Å². The van der Waals surface area contributed by atoms with Crippen LogP contribution in [0, 0.1) is 11.7 Å². The minimum atomic E-state index is -1.11. The number of nitrogens with one attached hydrogen (secondary N) is 1. The van der Waals surface area contributed by atoms with Crippen LogP contribution in [0.1, 0.15) is 44.2 Å². The highest BCUT2D eigenvalue weighted by atomic mass is 19.1. The number of carbonyl (C=O) groups excluding carboxylic acids is 1. The van der Waals surface area contributed by atoms with E-state index >= 15 is 4.39 Å². The molecule has 2 aliphatic rings. The van der Waals surface area contributed by atoms with E-state index in [1.807, 2.05) is 24.3 Å². The van der Waals surface area contributed by atoms with Gasteiger partial charge in [-0.3, -0.25) is 4.90 Å². The predicted molar refractivity (Wildman–Crippen MR) is 129 cm³/mol. The average molecular weight is 472 g/mol. The summed E-state index contributed by atoms with van der Waals surface area (Å²) >= 11 is 0. The van der Waals surface area contributed by atoms with Gasteiger partial charge >= 0.3 is 6.03 Å². The van der Waals surface area contributed by atoms with Crippen molar-refractivity contribution in [1.29, 1.82) is 0 Å². The van der Waals surface area contributed by atoms with Crippen molar-refractivity contribution in [3.8, 4) is 5.75 Å². The lowest BCUT2D eigenvalue weighted by molar-refractivity contribution is 0.0311. The number of amides is 2. The minimum absolute atomic E-state index is 0.242. The molecule has 184 valence electrons. The number of alkyl halides is 1. The maximum atomic E-state index is 15.3. The van der Waals surface area contributed by atoms with Crippen LogP contribution in [0.3, 0.4) is 0 Å². The largest absolute Gasteiger partial charge is 0.493 e. The van der Waals surface area contributed by atoms with E-state index in [1.165, 1.54) is 12.1 Å². The average Bonchev–Trinajstić information content (AvgIpc) is 3.28. The number of benzene rings is 2. The summed E-state index contributed by atoms with van der Waals surface area (Å²) in [4.78, 5) is 17.1. The van der Waals surface area contributed by atoms with Gasteiger partial charge in [-0.1, -0.05) is 38.1 Å². The maximum Gasteiger partial charge on any atom is 0.318 e. The Morgan fingerprint density at radius 2 is 1.85 bits per heavy atom. The molecule has 2 heterocycles. The number of urea groups is 1. The summed E-state index contributed by atoms with van der Waals surface area (Å²) in [5.41, 5.74) is 1.72. The lowest BCUT2D eigenvalue weighted by atomic mass is 9.94. The minimum Gasteiger partial charge on any atom is -0.493 e. The number of halogens is 2. The molecule has 2 saturated heterocycles. The molecule has 0 radical (unpaired) electrons. The molecule has 3 atom stereocenters. The molecule has 7 heteroatoms. The van der Waals surface area contributed by atoms with Gasteiger partial charge in [-0.25, -0.2) is 13.6 Å². The number of fused-ring (bicyclic) bond motifs is 1. The Morgan fingerprint density at radius 3 is 2.56 bits per heavy atom. The van der Waals surface area contributed by atoms with Crippen LogP contribution >= 0.6 is 0 Å². The Bertz CT molecular complexity index is 936. The molecule has 5 nitrogen and oxygen atoms in total. The SMILES string of the molecule is CC(C)COc1ccc(CNC(=O)N(Cc2ccc(F)cc2)[C@@H]2C[C@H]3CCCN3C[C@H]2F)cc1. The highest BCUT2D eigenvalue weighted by Crippen LogP contribution is 2.32. The molecule has 2 amide bonds. The van der Waals surface area contributed by atoms with E-state index in [2.05, 4.69) is 24.1 Å². The van der Waals surface area contributed by atoms with E-state index in [0.717, 1.165) is 36.3 Å². The van der Waals surface area contributed by atoms with Gasteiger partial charge in [0, 0.05) is 25.7 Å². The molecule has 0 aromatic heterocycles. The molecular formula is C27H35F2N3O2. The molecule has 0 spiro atoms. The summed E-state index contributed by atoms with van der Waals surface area (Å²) in [5, 5.41) is 2.97. The van der Waals surface area contributed by atoms with Crippen molar-refractivity contribution in [1.82, 2.24) is 15.1 Å². The van der Waals surface area contributed by atoms with Gasteiger partial charge in [0.25, 0.3) is 0 Å². The van der Waals surface area contributed by atoms with Crippen molar-refractivity contribution in [3.05, 3.63) is 65.5 Å². The number of ether oxygens (including phenoxy) is 1. The molecule has 4 rings (SSSR count). The fraction of sp³-hybridized carbons (Fsp3) is 0.519. The summed E-state index contributed by atoms with van der Waals surface area (Å²) in [7, 11) is 0. The van der Waals surface area contributed by atoms with E-state index < -0.39 is 12.2 Å². The van der Waals surface area contributed by atoms with Crippen LogP contribution in [0.5, 0.6) is 5.75 Å². The predicted octanol–water partition coefficient (Wildman–Crippen LogP) is 5.15. The van der Waals surface area contributed by atoms with Crippen LogP contribution < -0.4 is 10.1 Å². The zero-order valence-electron chi connectivity index (χ0n) is 20.1. The topological polar surface area (TPSA) is 44.8 Å². The summed E-state index contributed by atoms with van der Waals surface area (Å²) in [6.07, 6.45) is 1.63. The van der Waals surface area contributed by atoms with E-state index in [4.69, 9.17) is 4.74 Å². The lowest BCUT2D eigenvalue weighted by Gasteiger charge is -2.42. The molecule has 2 aromatic carbocycles. The molecular weight excluding hydrogens is 436 g/mol. The molecule has 1 N–H and O–H groups in total. The Balaban J connectivity index is 1.43. The molecule has 2 fully saturated rings. The molecule has 0 aliphatic carbocycles. The van der Waals surface area contributed by atoms with Crippen LogP contribution in [-0.2, 0) is 13.1 Å². The monoisotopic (exact) mass is 471 g/mol. The van der Waals surface area contributed by atoms with Gasteiger partial charge in [-0.2, -0.15) is 0 Å². The molecule has 34 heavy (non-hydrogen) atoms.